The number of amides is 2. The van der Waals surface area contributed by atoms with Gasteiger partial charge in [0.25, 0.3) is 0 Å². The maximum Gasteiger partial charge on any atom is 0.245 e. The molecular weight excluding hydrogens is 467 g/mol. The molecule has 2 fully saturated rings. The number of likely N-dealkylation sites (tertiary alicyclic amines) is 2. The zero-order valence-electron chi connectivity index (χ0n) is 21.9. The van der Waals surface area contributed by atoms with E-state index in [1.807, 2.05) is 44.0 Å². The molecule has 0 unspecified atom stereocenters. The lowest BCUT2D eigenvalue weighted by atomic mass is 9.91. The van der Waals surface area contributed by atoms with Crippen molar-refractivity contribution in [2.45, 2.75) is 70.6 Å². The highest BCUT2D eigenvalue weighted by Gasteiger charge is 2.51. The molecule has 2 N–H and O–H groups in total. The molecule has 0 spiro atoms. The Morgan fingerprint density at radius 1 is 1.14 bits per heavy atom. The van der Waals surface area contributed by atoms with E-state index in [-0.39, 0.29) is 41.6 Å². The van der Waals surface area contributed by atoms with Crippen molar-refractivity contribution in [1.82, 2.24) is 20.1 Å². The van der Waals surface area contributed by atoms with Crippen molar-refractivity contribution in [1.29, 1.82) is 0 Å². The third-order valence-corrected chi connectivity index (χ3v) is 8.40. The van der Waals surface area contributed by atoms with E-state index in [0.717, 1.165) is 42.4 Å². The van der Waals surface area contributed by atoms with Crippen molar-refractivity contribution < 1.29 is 14.0 Å². The molecule has 0 saturated carbocycles. The van der Waals surface area contributed by atoms with Gasteiger partial charge in [-0.3, -0.25) is 14.5 Å². The molecule has 2 aromatic carbocycles. The molecule has 6 nitrogen and oxygen atoms in total. The Labute approximate surface area is 218 Å². The van der Waals surface area contributed by atoms with E-state index in [1.165, 1.54) is 17.7 Å². The monoisotopic (exact) mass is 504 g/mol. The number of aromatic nitrogens is 1. The first-order chi connectivity index (χ1) is 17.9. The molecule has 196 valence electrons. The summed E-state index contributed by atoms with van der Waals surface area (Å²) in [6, 6.07) is 15.0. The highest BCUT2D eigenvalue weighted by molar-refractivity contribution is 5.89. The van der Waals surface area contributed by atoms with Crippen LogP contribution in [-0.4, -0.2) is 57.8 Å². The second-order valence-corrected chi connectivity index (χ2v) is 10.6. The second kappa shape index (κ2) is 10.7. The standard InChI is InChI=1S/C30H37FN4O2/c1-4-19(3)29(36)33-25(5-2)30(37)35-14-13-27-28(35)24(18-34(27)17-20-9-7-6-8-10-20)23-16-32-26-15-21(31)11-12-22(23)26/h6-12,15-16,19,24-25,27-28,32H,4-5,13-14,17-18H2,1-3H3,(H,33,36)/t19-,24+,25+,27-,28-/m1/s1. The molecule has 2 saturated heterocycles. The van der Waals surface area contributed by atoms with E-state index < -0.39 is 6.04 Å². The summed E-state index contributed by atoms with van der Waals surface area (Å²) in [6.07, 6.45) is 4.18. The molecule has 1 aromatic heterocycles. The summed E-state index contributed by atoms with van der Waals surface area (Å²) >= 11 is 0. The van der Waals surface area contributed by atoms with Crippen LogP contribution in [-0.2, 0) is 16.1 Å². The summed E-state index contributed by atoms with van der Waals surface area (Å²) < 4.78 is 13.9. The zero-order valence-corrected chi connectivity index (χ0v) is 21.9. The fourth-order valence-electron chi connectivity index (χ4n) is 6.18. The van der Waals surface area contributed by atoms with Gasteiger partial charge >= 0.3 is 0 Å². The fourth-order valence-corrected chi connectivity index (χ4v) is 6.18. The number of carbonyl (C=O) groups excluding carboxylic acids is 2. The molecule has 3 heterocycles. The third kappa shape index (κ3) is 4.89. The molecule has 37 heavy (non-hydrogen) atoms. The van der Waals surface area contributed by atoms with E-state index in [1.54, 1.807) is 0 Å². The lowest BCUT2D eigenvalue weighted by molar-refractivity contribution is -0.138. The lowest BCUT2D eigenvalue weighted by Gasteiger charge is -2.32. The van der Waals surface area contributed by atoms with E-state index in [4.69, 9.17) is 0 Å². The van der Waals surface area contributed by atoms with Gasteiger partial charge < -0.3 is 15.2 Å². The molecule has 0 radical (unpaired) electrons. The van der Waals surface area contributed by atoms with Crippen LogP contribution in [0.1, 0.15) is 57.1 Å². The predicted molar refractivity (Wildman–Crippen MR) is 143 cm³/mol. The van der Waals surface area contributed by atoms with Gasteiger partial charge in [-0.2, -0.15) is 0 Å². The first-order valence-electron chi connectivity index (χ1n) is 13.6. The number of nitrogens with one attached hydrogen (secondary N) is 2. The quantitative estimate of drug-likeness (QED) is 0.462. The molecule has 5 rings (SSSR count). The highest BCUT2D eigenvalue weighted by atomic mass is 19.1. The number of fused-ring (bicyclic) bond motifs is 2. The number of hydrogen-bond acceptors (Lipinski definition) is 3. The van der Waals surface area contributed by atoms with Crippen molar-refractivity contribution in [3.05, 3.63) is 71.7 Å². The minimum absolute atomic E-state index is 0.00380. The maximum atomic E-state index is 13.9. The minimum atomic E-state index is -0.527. The number of carbonyl (C=O) groups is 2. The maximum absolute atomic E-state index is 13.9. The van der Waals surface area contributed by atoms with Gasteiger partial charge in [0.05, 0.1) is 6.04 Å². The number of H-pyrrole nitrogens is 1. The van der Waals surface area contributed by atoms with E-state index in [2.05, 4.69) is 39.5 Å². The van der Waals surface area contributed by atoms with Crippen LogP contribution in [0.2, 0.25) is 0 Å². The van der Waals surface area contributed by atoms with Crippen molar-refractivity contribution in [3.63, 3.8) is 0 Å². The predicted octanol–water partition coefficient (Wildman–Crippen LogP) is 4.82. The van der Waals surface area contributed by atoms with Crippen molar-refractivity contribution in [2.75, 3.05) is 13.1 Å². The van der Waals surface area contributed by atoms with Crippen molar-refractivity contribution in [3.8, 4) is 0 Å². The SMILES string of the molecule is CC[C@@H](C)C(=O)N[C@@H](CC)C(=O)N1CC[C@@H]2[C@H]1[C@H](c1c[nH]c3cc(F)ccc13)CN2Cc1ccccc1. The van der Waals surface area contributed by atoms with Crippen molar-refractivity contribution >= 4 is 22.7 Å². The van der Waals surface area contributed by atoms with E-state index in [9.17, 15) is 14.0 Å². The van der Waals surface area contributed by atoms with Crippen molar-refractivity contribution in [2.24, 2.45) is 5.92 Å². The Balaban J connectivity index is 1.46. The Morgan fingerprint density at radius 3 is 2.65 bits per heavy atom. The summed E-state index contributed by atoms with van der Waals surface area (Å²) in [4.78, 5) is 34.3. The molecule has 0 bridgehead atoms. The number of hydrogen-bond donors (Lipinski definition) is 2. The van der Waals surface area contributed by atoms with Gasteiger partial charge in [-0.25, -0.2) is 4.39 Å². The summed E-state index contributed by atoms with van der Waals surface area (Å²) in [7, 11) is 0. The smallest absolute Gasteiger partial charge is 0.245 e. The number of rotatable bonds is 8. The van der Waals surface area contributed by atoms with Crippen LogP contribution in [0, 0.1) is 11.7 Å². The topological polar surface area (TPSA) is 68.4 Å². The Morgan fingerprint density at radius 2 is 1.92 bits per heavy atom. The van der Waals surface area contributed by atoms with Crippen LogP contribution in [0.4, 0.5) is 4.39 Å². The van der Waals surface area contributed by atoms with Gasteiger partial charge in [0.15, 0.2) is 0 Å². The first-order valence-corrected chi connectivity index (χ1v) is 13.6. The lowest BCUT2D eigenvalue weighted by Crippen LogP contribution is -2.52. The van der Waals surface area contributed by atoms with E-state index in [0.29, 0.717) is 13.0 Å². The molecule has 2 aliphatic heterocycles. The van der Waals surface area contributed by atoms with Crippen LogP contribution < -0.4 is 5.32 Å². The van der Waals surface area contributed by atoms with Crippen LogP contribution in [0.15, 0.2) is 54.7 Å². The van der Waals surface area contributed by atoms with Crippen LogP contribution in [0.5, 0.6) is 0 Å². The number of aromatic amines is 1. The van der Waals surface area contributed by atoms with Gasteiger partial charge in [0.1, 0.15) is 11.9 Å². The minimum Gasteiger partial charge on any atom is -0.361 e. The normalized spacial score (nSPS) is 23.2. The molecule has 3 aromatic rings. The summed E-state index contributed by atoms with van der Waals surface area (Å²) in [6.45, 7) is 8.13. The summed E-state index contributed by atoms with van der Waals surface area (Å²) in [5.74, 6) is -0.367. The Hall–Kier alpha value is -3.19. The van der Waals surface area contributed by atoms with Crippen LogP contribution in [0.3, 0.4) is 0 Å². The van der Waals surface area contributed by atoms with Crippen LogP contribution in [0.25, 0.3) is 10.9 Å². The molecule has 2 aliphatic rings. The summed E-state index contributed by atoms with van der Waals surface area (Å²) in [5.41, 5.74) is 3.15. The molecule has 5 atom stereocenters. The van der Waals surface area contributed by atoms with Crippen LogP contribution >= 0.6 is 0 Å². The molecular formula is C30H37FN4O2. The van der Waals surface area contributed by atoms with Gasteiger partial charge in [-0.15, -0.1) is 0 Å². The van der Waals surface area contributed by atoms with Gasteiger partial charge in [0, 0.05) is 54.6 Å². The highest BCUT2D eigenvalue weighted by Crippen LogP contribution is 2.44. The molecule has 2 amide bonds. The zero-order chi connectivity index (χ0) is 26.1. The average Bonchev–Trinajstić information content (AvgIpc) is 3.61. The average molecular weight is 505 g/mol. The first kappa shape index (κ1) is 25.5. The molecule has 0 aliphatic carbocycles. The van der Waals surface area contributed by atoms with Gasteiger partial charge in [-0.1, -0.05) is 51.1 Å². The van der Waals surface area contributed by atoms with Gasteiger partial charge in [-0.05, 0) is 48.6 Å². The fraction of sp³-hybridized carbons (Fsp3) is 0.467. The second-order valence-electron chi connectivity index (χ2n) is 10.6. The molecule has 7 heteroatoms. The largest absolute Gasteiger partial charge is 0.361 e. The van der Waals surface area contributed by atoms with E-state index >= 15 is 0 Å². The Bertz CT molecular complexity index is 1260. The Kier molecular flexibility index (Phi) is 7.33. The van der Waals surface area contributed by atoms with Gasteiger partial charge in [0.2, 0.25) is 11.8 Å². The number of nitrogens with zero attached hydrogens (tertiary/aromatic N) is 2. The number of benzene rings is 2. The number of halogens is 1. The third-order valence-electron chi connectivity index (χ3n) is 8.40. The summed E-state index contributed by atoms with van der Waals surface area (Å²) in [5, 5.41) is 4.02.